The molecule has 2 aromatic rings. The lowest BCUT2D eigenvalue weighted by Crippen LogP contribution is -2.35. The largest absolute Gasteiger partial charge is 0.379 e. The second kappa shape index (κ2) is 7.50. The van der Waals surface area contributed by atoms with Crippen LogP contribution in [0.4, 0.5) is 14.5 Å². The van der Waals surface area contributed by atoms with Gasteiger partial charge in [-0.3, -0.25) is 9.69 Å². The first-order chi connectivity index (χ1) is 11.6. The Morgan fingerprint density at radius 3 is 2.83 bits per heavy atom. The summed E-state index contributed by atoms with van der Waals surface area (Å²) in [5, 5.41) is 6.10. The number of carbonyl (C=O) groups is 1. The number of ether oxygens (including phenoxy) is 1. The third-order valence-corrected chi connectivity index (χ3v) is 3.78. The van der Waals surface area contributed by atoms with Crippen LogP contribution in [0.3, 0.4) is 0 Å². The van der Waals surface area contributed by atoms with Crippen LogP contribution in [0.25, 0.3) is 0 Å². The van der Waals surface area contributed by atoms with Gasteiger partial charge in [-0.25, -0.2) is 0 Å². The molecule has 1 amide bonds. The molecular formula is C16H18F2N4O2. The number of hydrogen-bond acceptors (Lipinski definition) is 4. The lowest BCUT2D eigenvalue weighted by atomic mass is 10.1. The Labute approximate surface area is 138 Å². The van der Waals surface area contributed by atoms with Gasteiger partial charge in [-0.2, -0.15) is 18.6 Å². The van der Waals surface area contributed by atoms with Gasteiger partial charge >= 0.3 is 6.55 Å². The summed E-state index contributed by atoms with van der Waals surface area (Å²) in [6.45, 7) is 1.06. The summed E-state index contributed by atoms with van der Waals surface area (Å²) >= 11 is 0. The molecule has 2 heterocycles. The van der Waals surface area contributed by atoms with E-state index in [1.54, 1.807) is 6.07 Å². The number of aromatic nitrogens is 2. The van der Waals surface area contributed by atoms with Gasteiger partial charge in [-0.1, -0.05) is 12.1 Å². The van der Waals surface area contributed by atoms with Crippen molar-refractivity contribution >= 4 is 11.6 Å². The molecule has 0 unspecified atom stereocenters. The van der Waals surface area contributed by atoms with E-state index in [1.807, 2.05) is 18.2 Å². The molecule has 3 rings (SSSR count). The Kier molecular flexibility index (Phi) is 5.17. The van der Waals surface area contributed by atoms with Gasteiger partial charge in [0.15, 0.2) is 0 Å². The normalized spacial score (nSPS) is 15.6. The summed E-state index contributed by atoms with van der Waals surface area (Å²) in [5.74, 6) is -0.615. The van der Waals surface area contributed by atoms with Crippen molar-refractivity contribution in [3.63, 3.8) is 0 Å². The monoisotopic (exact) mass is 336 g/mol. The van der Waals surface area contributed by atoms with Crippen molar-refractivity contribution in [1.82, 2.24) is 14.7 Å². The second-order valence-electron chi connectivity index (χ2n) is 5.48. The van der Waals surface area contributed by atoms with E-state index < -0.39 is 12.5 Å². The Bertz CT molecular complexity index is 699. The van der Waals surface area contributed by atoms with Crippen molar-refractivity contribution in [2.45, 2.75) is 13.1 Å². The number of hydrogen-bond donors (Lipinski definition) is 1. The first-order valence-corrected chi connectivity index (χ1v) is 7.65. The maximum Gasteiger partial charge on any atom is 0.333 e. The lowest BCUT2D eigenvalue weighted by molar-refractivity contribution is 0.0342. The first kappa shape index (κ1) is 16.5. The van der Waals surface area contributed by atoms with Crippen LogP contribution >= 0.6 is 0 Å². The summed E-state index contributed by atoms with van der Waals surface area (Å²) in [6.07, 6.45) is 1.18. The molecule has 24 heavy (non-hydrogen) atoms. The molecule has 128 valence electrons. The minimum absolute atomic E-state index is 0.177. The Morgan fingerprint density at radius 2 is 2.08 bits per heavy atom. The van der Waals surface area contributed by atoms with Gasteiger partial charge in [0.1, 0.15) is 5.69 Å². The predicted octanol–water partition coefficient (Wildman–Crippen LogP) is 2.36. The van der Waals surface area contributed by atoms with E-state index in [0.29, 0.717) is 23.6 Å². The molecule has 1 aromatic carbocycles. The highest BCUT2D eigenvalue weighted by Gasteiger charge is 2.18. The Morgan fingerprint density at radius 1 is 1.29 bits per heavy atom. The van der Waals surface area contributed by atoms with Crippen LogP contribution in [0.2, 0.25) is 0 Å². The molecule has 0 aliphatic carbocycles. The third kappa shape index (κ3) is 3.95. The van der Waals surface area contributed by atoms with Crippen molar-refractivity contribution in [3.05, 3.63) is 47.8 Å². The van der Waals surface area contributed by atoms with E-state index in [0.717, 1.165) is 25.2 Å². The van der Waals surface area contributed by atoms with Gasteiger partial charge in [0.25, 0.3) is 5.91 Å². The molecule has 0 atom stereocenters. The topological polar surface area (TPSA) is 59.4 Å². The molecule has 1 aliphatic heterocycles. The van der Waals surface area contributed by atoms with Crippen LogP contribution in [-0.4, -0.2) is 46.9 Å². The number of morpholine rings is 1. The van der Waals surface area contributed by atoms with E-state index in [2.05, 4.69) is 15.3 Å². The van der Waals surface area contributed by atoms with Crippen LogP contribution in [0, 0.1) is 0 Å². The molecule has 1 fully saturated rings. The van der Waals surface area contributed by atoms with E-state index in [4.69, 9.17) is 4.74 Å². The van der Waals surface area contributed by atoms with Crippen molar-refractivity contribution in [2.75, 3.05) is 31.6 Å². The SMILES string of the molecule is O=C(Nc1cccc(CN2CCOCC2)c1)c1ccnn1C(F)F. The summed E-state index contributed by atoms with van der Waals surface area (Å²) in [6, 6.07) is 8.63. The molecule has 1 N–H and O–H groups in total. The molecule has 8 heteroatoms. The number of benzene rings is 1. The molecular weight excluding hydrogens is 318 g/mol. The van der Waals surface area contributed by atoms with Gasteiger partial charge in [0.2, 0.25) is 0 Å². The summed E-state index contributed by atoms with van der Waals surface area (Å²) < 4.78 is 31.3. The van der Waals surface area contributed by atoms with Crippen molar-refractivity contribution in [2.24, 2.45) is 0 Å². The fraction of sp³-hybridized carbons (Fsp3) is 0.375. The molecule has 1 aromatic heterocycles. The molecule has 1 saturated heterocycles. The van der Waals surface area contributed by atoms with Crippen LogP contribution < -0.4 is 5.32 Å². The summed E-state index contributed by atoms with van der Waals surface area (Å²) in [4.78, 5) is 14.4. The third-order valence-electron chi connectivity index (χ3n) is 3.78. The van der Waals surface area contributed by atoms with E-state index in [-0.39, 0.29) is 5.69 Å². The maximum atomic E-state index is 12.8. The quantitative estimate of drug-likeness (QED) is 0.911. The number of nitrogens with one attached hydrogen (secondary N) is 1. The number of rotatable bonds is 5. The Balaban J connectivity index is 1.67. The molecule has 6 nitrogen and oxygen atoms in total. The van der Waals surface area contributed by atoms with Crippen LogP contribution in [-0.2, 0) is 11.3 Å². The number of carbonyl (C=O) groups excluding carboxylic acids is 1. The molecule has 0 radical (unpaired) electrons. The highest BCUT2D eigenvalue weighted by Crippen LogP contribution is 2.17. The van der Waals surface area contributed by atoms with Gasteiger partial charge < -0.3 is 10.1 Å². The molecule has 0 saturated carbocycles. The highest BCUT2D eigenvalue weighted by atomic mass is 19.3. The van der Waals surface area contributed by atoms with Gasteiger partial charge in [0, 0.05) is 31.5 Å². The van der Waals surface area contributed by atoms with E-state index in [9.17, 15) is 13.6 Å². The van der Waals surface area contributed by atoms with Crippen molar-refractivity contribution in [1.29, 1.82) is 0 Å². The summed E-state index contributed by atoms with van der Waals surface area (Å²) in [5.41, 5.74) is 1.42. The average Bonchev–Trinajstić information content (AvgIpc) is 3.06. The number of anilines is 1. The van der Waals surface area contributed by atoms with Crippen LogP contribution in [0.5, 0.6) is 0 Å². The van der Waals surface area contributed by atoms with Gasteiger partial charge in [-0.15, -0.1) is 0 Å². The van der Waals surface area contributed by atoms with E-state index >= 15 is 0 Å². The molecule has 0 spiro atoms. The minimum Gasteiger partial charge on any atom is -0.379 e. The fourth-order valence-corrected chi connectivity index (χ4v) is 2.61. The number of halogens is 2. The zero-order chi connectivity index (χ0) is 16.9. The fourth-order valence-electron chi connectivity index (χ4n) is 2.61. The number of amides is 1. The standard InChI is InChI=1S/C16H18F2N4O2/c17-16(18)22-14(4-5-19-22)15(23)20-13-3-1-2-12(10-13)11-21-6-8-24-9-7-21/h1-5,10,16H,6-9,11H2,(H,20,23). The molecule has 1 aliphatic rings. The summed E-state index contributed by atoms with van der Waals surface area (Å²) in [7, 11) is 0. The zero-order valence-electron chi connectivity index (χ0n) is 13.0. The molecule has 0 bridgehead atoms. The smallest absolute Gasteiger partial charge is 0.333 e. The van der Waals surface area contributed by atoms with E-state index in [1.165, 1.54) is 12.3 Å². The first-order valence-electron chi connectivity index (χ1n) is 7.65. The number of nitrogens with zero attached hydrogens (tertiary/aromatic N) is 3. The van der Waals surface area contributed by atoms with Gasteiger partial charge in [0.05, 0.1) is 13.2 Å². The average molecular weight is 336 g/mol. The van der Waals surface area contributed by atoms with Crippen molar-refractivity contribution in [3.8, 4) is 0 Å². The maximum absolute atomic E-state index is 12.8. The second-order valence-corrected chi connectivity index (χ2v) is 5.48. The van der Waals surface area contributed by atoms with Gasteiger partial charge in [-0.05, 0) is 23.8 Å². The minimum atomic E-state index is -2.85. The van der Waals surface area contributed by atoms with Crippen LogP contribution in [0.1, 0.15) is 22.6 Å². The Hall–Kier alpha value is -2.32. The van der Waals surface area contributed by atoms with Crippen LogP contribution in [0.15, 0.2) is 36.5 Å². The van der Waals surface area contributed by atoms with Crippen molar-refractivity contribution < 1.29 is 18.3 Å². The highest BCUT2D eigenvalue weighted by molar-refractivity contribution is 6.03. The lowest BCUT2D eigenvalue weighted by Gasteiger charge is -2.26. The number of alkyl halides is 2. The predicted molar refractivity (Wildman–Crippen MR) is 84.0 cm³/mol. The zero-order valence-corrected chi connectivity index (χ0v) is 13.0.